The van der Waals surface area contributed by atoms with Crippen molar-refractivity contribution in [2.75, 3.05) is 26.3 Å². The molecule has 0 unspecified atom stereocenters. The van der Waals surface area contributed by atoms with Gasteiger partial charge >= 0.3 is 6.18 Å². The fourth-order valence-corrected chi connectivity index (χ4v) is 2.70. The second kappa shape index (κ2) is 7.36. The van der Waals surface area contributed by atoms with Gasteiger partial charge in [-0.05, 0) is 25.1 Å². The highest BCUT2D eigenvalue weighted by Crippen LogP contribution is 2.34. The van der Waals surface area contributed by atoms with Crippen molar-refractivity contribution in [1.29, 1.82) is 0 Å². The number of rotatable bonds is 3. The van der Waals surface area contributed by atoms with E-state index >= 15 is 0 Å². The van der Waals surface area contributed by atoms with Crippen molar-refractivity contribution in [2.24, 2.45) is 0 Å². The van der Waals surface area contributed by atoms with Crippen molar-refractivity contribution in [3.63, 3.8) is 0 Å². The standard InChI is InChI=1S/C17H17F3N2O4/c1-11-7-14(15(25-11)17(18,19)20)16(23)22-5-6-24-10-13(9-22)26-12-3-2-4-21-8-12/h2-4,7-8,13H,5-6,9-10H2,1H3/t13-/m1/s1. The van der Waals surface area contributed by atoms with Crippen LogP contribution in [0.1, 0.15) is 21.9 Å². The van der Waals surface area contributed by atoms with Gasteiger partial charge < -0.3 is 18.8 Å². The molecule has 9 heteroatoms. The molecule has 0 spiro atoms. The van der Waals surface area contributed by atoms with Crippen molar-refractivity contribution in [3.8, 4) is 5.75 Å². The third kappa shape index (κ3) is 4.16. The molecule has 0 aliphatic carbocycles. The molecule has 1 fully saturated rings. The highest BCUT2D eigenvalue weighted by Gasteiger charge is 2.41. The molecule has 0 bridgehead atoms. The van der Waals surface area contributed by atoms with Crippen molar-refractivity contribution < 1.29 is 31.9 Å². The molecule has 1 amide bonds. The van der Waals surface area contributed by atoms with Gasteiger partial charge in [0.2, 0.25) is 5.76 Å². The van der Waals surface area contributed by atoms with Gasteiger partial charge in [0.05, 0.1) is 31.5 Å². The Balaban J connectivity index is 1.78. The van der Waals surface area contributed by atoms with E-state index in [2.05, 4.69) is 4.98 Å². The van der Waals surface area contributed by atoms with Crippen molar-refractivity contribution >= 4 is 5.91 Å². The van der Waals surface area contributed by atoms with Crippen LogP contribution in [0.5, 0.6) is 5.75 Å². The fourth-order valence-electron chi connectivity index (χ4n) is 2.70. The zero-order chi connectivity index (χ0) is 18.7. The zero-order valence-electron chi connectivity index (χ0n) is 14.0. The average molecular weight is 370 g/mol. The summed E-state index contributed by atoms with van der Waals surface area (Å²) >= 11 is 0. The van der Waals surface area contributed by atoms with Crippen LogP contribution in [0.4, 0.5) is 13.2 Å². The summed E-state index contributed by atoms with van der Waals surface area (Å²) in [7, 11) is 0. The summed E-state index contributed by atoms with van der Waals surface area (Å²) in [6.07, 6.45) is -2.16. The summed E-state index contributed by atoms with van der Waals surface area (Å²) < 4.78 is 55.2. The maximum absolute atomic E-state index is 13.1. The summed E-state index contributed by atoms with van der Waals surface area (Å²) in [6.45, 7) is 2.04. The summed E-state index contributed by atoms with van der Waals surface area (Å²) in [5.74, 6) is -1.53. The van der Waals surface area contributed by atoms with Gasteiger partial charge in [0.1, 0.15) is 17.6 Å². The van der Waals surface area contributed by atoms with E-state index in [0.717, 1.165) is 6.07 Å². The molecule has 3 rings (SSSR count). The Labute approximate surface area is 147 Å². The topological polar surface area (TPSA) is 64.8 Å². The number of aryl methyl sites for hydroxylation is 1. The molecule has 6 nitrogen and oxygen atoms in total. The number of aromatic nitrogens is 1. The SMILES string of the molecule is Cc1cc(C(=O)N2CCOC[C@H](Oc3cccnc3)C2)c(C(F)(F)F)o1. The van der Waals surface area contributed by atoms with Gasteiger partial charge in [0.15, 0.2) is 0 Å². The van der Waals surface area contributed by atoms with E-state index in [4.69, 9.17) is 13.9 Å². The monoisotopic (exact) mass is 370 g/mol. The second-order valence-electron chi connectivity index (χ2n) is 5.85. The lowest BCUT2D eigenvalue weighted by Gasteiger charge is -2.24. The number of nitrogens with zero attached hydrogens (tertiary/aromatic N) is 2. The first-order chi connectivity index (χ1) is 12.3. The molecule has 1 aliphatic heterocycles. The summed E-state index contributed by atoms with van der Waals surface area (Å²) in [5.41, 5.74) is -0.503. The highest BCUT2D eigenvalue weighted by molar-refractivity contribution is 5.95. The summed E-state index contributed by atoms with van der Waals surface area (Å²) in [5, 5.41) is 0. The quantitative estimate of drug-likeness (QED) is 0.831. The number of amides is 1. The number of alkyl halides is 3. The van der Waals surface area contributed by atoms with E-state index < -0.39 is 29.5 Å². The third-order valence-electron chi connectivity index (χ3n) is 3.80. The van der Waals surface area contributed by atoms with Gasteiger partial charge in [0, 0.05) is 12.7 Å². The smallest absolute Gasteiger partial charge is 0.450 e. The minimum atomic E-state index is -4.74. The zero-order valence-corrected chi connectivity index (χ0v) is 14.0. The first-order valence-corrected chi connectivity index (χ1v) is 7.96. The van der Waals surface area contributed by atoms with Gasteiger partial charge in [-0.3, -0.25) is 9.78 Å². The van der Waals surface area contributed by atoms with Crippen molar-refractivity contribution in [3.05, 3.63) is 47.7 Å². The fraction of sp³-hybridized carbons (Fsp3) is 0.412. The molecule has 1 atom stereocenters. The van der Waals surface area contributed by atoms with Crippen molar-refractivity contribution in [2.45, 2.75) is 19.2 Å². The van der Waals surface area contributed by atoms with Gasteiger partial charge in [0.25, 0.3) is 5.91 Å². The lowest BCUT2D eigenvalue weighted by atomic mass is 10.2. The number of pyridine rings is 1. The lowest BCUT2D eigenvalue weighted by molar-refractivity contribution is -0.153. The maximum atomic E-state index is 13.1. The minimum Gasteiger partial charge on any atom is -0.485 e. The van der Waals surface area contributed by atoms with Crippen LogP contribution in [-0.4, -0.2) is 48.2 Å². The Morgan fingerprint density at radius 2 is 2.23 bits per heavy atom. The molecule has 140 valence electrons. The molecular formula is C17H17F3N2O4. The molecule has 3 heterocycles. The molecule has 1 saturated heterocycles. The van der Waals surface area contributed by atoms with Crippen LogP contribution in [0, 0.1) is 6.92 Å². The number of hydrogen-bond donors (Lipinski definition) is 0. The Kier molecular flexibility index (Phi) is 5.17. The average Bonchev–Trinajstić information content (AvgIpc) is 2.85. The van der Waals surface area contributed by atoms with Crippen LogP contribution in [-0.2, 0) is 10.9 Å². The molecule has 2 aromatic heterocycles. The molecule has 1 aliphatic rings. The molecule has 2 aromatic rings. The molecule has 0 saturated carbocycles. The Bertz CT molecular complexity index is 761. The number of furan rings is 1. The van der Waals surface area contributed by atoms with E-state index in [1.807, 2.05) is 0 Å². The number of ether oxygens (including phenoxy) is 2. The number of halogens is 3. The van der Waals surface area contributed by atoms with Crippen LogP contribution >= 0.6 is 0 Å². The molecule has 0 radical (unpaired) electrons. The molecule has 26 heavy (non-hydrogen) atoms. The Hall–Kier alpha value is -2.55. The van der Waals surface area contributed by atoms with Gasteiger partial charge in [-0.15, -0.1) is 0 Å². The maximum Gasteiger partial charge on any atom is 0.450 e. The third-order valence-corrected chi connectivity index (χ3v) is 3.80. The van der Waals surface area contributed by atoms with E-state index in [1.165, 1.54) is 18.0 Å². The highest BCUT2D eigenvalue weighted by atomic mass is 19.4. The van der Waals surface area contributed by atoms with Crippen molar-refractivity contribution in [1.82, 2.24) is 9.88 Å². The van der Waals surface area contributed by atoms with E-state index in [9.17, 15) is 18.0 Å². The van der Waals surface area contributed by atoms with Crippen LogP contribution in [0.15, 0.2) is 35.0 Å². The van der Waals surface area contributed by atoms with Crippen LogP contribution in [0.25, 0.3) is 0 Å². The van der Waals surface area contributed by atoms with E-state index in [0.29, 0.717) is 5.75 Å². The van der Waals surface area contributed by atoms with Crippen LogP contribution in [0.2, 0.25) is 0 Å². The second-order valence-corrected chi connectivity index (χ2v) is 5.85. The summed E-state index contributed by atoms with van der Waals surface area (Å²) in [4.78, 5) is 17.9. The van der Waals surface area contributed by atoms with Gasteiger partial charge in [-0.2, -0.15) is 13.2 Å². The minimum absolute atomic E-state index is 0.0231. The predicted octanol–water partition coefficient (Wildman–Crippen LogP) is 2.92. The van der Waals surface area contributed by atoms with Gasteiger partial charge in [-0.25, -0.2) is 0 Å². The largest absolute Gasteiger partial charge is 0.485 e. The lowest BCUT2D eigenvalue weighted by Crippen LogP contribution is -2.40. The number of carbonyl (C=O) groups is 1. The van der Waals surface area contributed by atoms with E-state index in [-0.39, 0.29) is 32.1 Å². The van der Waals surface area contributed by atoms with Crippen LogP contribution < -0.4 is 4.74 Å². The molecular weight excluding hydrogens is 353 g/mol. The van der Waals surface area contributed by atoms with Gasteiger partial charge in [-0.1, -0.05) is 0 Å². The predicted molar refractivity (Wildman–Crippen MR) is 83.8 cm³/mol. The Morgan fingerprint density at radius 3 is 2.92 bits per heavy atom. The molecule has 0 N–H and O–H groups in total. The normalized spacial score (nSPS) is 18.5. The Morgan fingerprint density at radius 1 is 1.42 bits per heavy atom. The first-order valence-electron chi connectivity index (χ1n) is 7.96. The first kappa shape index (κ1) is 18.2. The summed E-state index contributed by atoms with van der Waals surface area (Å²) in [6, 6.07) is 4.50. The number of hydrogen-bond acceptors (Lipinski definition) is 5. The van der Waals surface area contributed by atoms with E-state index in [1.54, 1.807) is 18.3 Å². The molecule has 0 aromatic carbocycles. The number of carbonyl (C=O) groups excluding carboxylic acids is 1. The van der Waals surface area contributed by atoms with Crippen LogP contribution in [0.3, 0.4) is 0 Å².